The zero-order chi connectivity index (χ0) is 17.5. The second-order valence-corrected chi connectivity index (χ2v) is 9.11. The number of nitrogens with zero attached hydrogens (tertiary/aromatic N) is 1. The summed E-state index contributed by atoms with van der Waals surface area (Å²) in [7, 11) is -3.24. The third-order valence-electron chi connectivity index (χ3n) is 4.69. The van der Waals surface area contributed by atoms with Crippen molar-refractivity contribution in [1.29, 1.82) is 0 Å². The topological polar surface area (TPSA) is 90.5 Å². The van der Waals surface area contributed by atoms with Gasteiger partial charge in [-0.3, -0.25) is 0 Å². The summed E-state index contributed by atoms with van der Waals surface area (Å²) in [4.78, 5) is 13.9. The van der Waals surface area contributed by atoms with Gasteiger partial charge in [-0.1, -0.05) is 6.07 Å². The van der Waals surface area contributed by atoms with Crippen molar-refractivity contribution < 1.29 is 18.3 Å². The summed E-state index contributed by atoms with van der Waals surface area (Å²) < 4.78 is 26.4. The number of benzene rings is 1. The number of rotatable bonds is 4. The summed E-state index contributed by atoms with van der Waals surface area (Å²) in [5.74, 6) is -0.848. The van der Waals surface area contributed by atoms with E-state index in [1.165, 1.54) is 0 Å². The maximum absolute atomic E-state index is 12.4. The van der Waals surface area contributed by atoms with Gasteiger partial charge in [0.2, 0.25) is 10.0 Å². The van der Waals surface area contributed by atoms with Gasteiger partial charge in [-0.2, -0.15) is 0 Å². The predicted octanol–water partition coefficient (Wildman–Crippen LogP) is 2.78. The number of aromatic carboxylic acids is 1. The van der Waals surface area contributed by atoms with Crippen LogP contribution in [0.4, 0.5) is 0 Å². The number of hydrogen-bond acceptors (Lipinski definition) is 3. The van der Waals surface area contributed by atoms with Crippen molar-refractivity contribution >= 4 is 26.9 Å². The molecule has 1 aliphatic rings. The van der Waals surface area contributed by atoms with Gasteiger partial charge >= 0.3 is 5.97 Å². The first-order chi connectivity index (χ1) is 11.3. The van der Waals surface area contributed by atoms with Gasteiger partial charge in [-0.15, -0.1) is 0 Å². The monoisotopic (exact) mass is 350 g/mol. The highest BCUT2D eigenvalue weighted by atomic mass is 32.2. The fraction of sp³-hybridized carbons (Fsp3) is 0.471. The van der Waals surface area contributed by atoms with Gasteiger partial charge in [0.1, 0.15) is 5.69 Å². The molecule has 2 aromatic rings. The van der Waals surface area contributed by atoms with Gasteiger partial charge in [-0.25, -0.2) is 17.5 Å². The zero-order valence-corrected chi connectivity index (χ0v) is 14.6. The molecule has 0 bridgehead atoms. The second kappa shape index (κ2) is 6.22. The molecule has 1 fully saturated rings. The molecule has 7 heteroatoms. The van der Waals surface area contributed by atoms with E-state index in [4.69, 9.17) is 5.11 Å². The number of H-pyrrole nitrogens is 1. The van der Waals surface area contributed by atoms with E-state index in [-0.39, 0.29) is 11.6 Å². The molecule has 1 atom stereocenters. The number of carboxylic acid groups (broad SMARTS) is 1. The Labute approximate surface area is 141 Å². The molecule has 130 valence electrons. The Morgan fingerprint density at radius 2 is 2.08 bits per heavy atom. The van der Waals surface area contributed by atoms with Crippen LogP contribution in [-0.4, -0.2) is 47.1 Å². The lowest BCUT2D eigenvalue weighted by atomic mass is 9.91. The van der Waals surface area contributed by atoms with Crippen LogP contribution in [0.3, 0.4) is 0 Å². The van der Waals surface area contributed by atoms with Crippen LogP contribution in [0.25, 0.3) is 10.9 Å². The van der Waals surface area contributed by atoms with Crippen LogP contribution in [0.2, 0.25) is 0 Å². The molecule has 24 heavy (non-hydrogen) atoms. The zero-order valence-electron chi connectivity index (χ0n) is 13.8. The van der Waals surface area contributed by atoms with E-state index in [9.17, 15) is 13.2 Å². The number of hydrogen-bond donors (Lipinski definition) is 2. The number of sulfonamides is 1. The fourth-order valence-corrected chi connectivity index (χ4v) is 4.63. The van der Waals surface area contributed by atoms with Gasteiger partial charge in [0, 0.05) is 24.0 Å². The fourth-order valence-electron chi connectivity index (χ4n) is 3.26. The van der Waals surface area contributed by atoms with Crippen LogP contribution in [0.15, 0.2) is 24.3 Å². The van der Waals surface area contributed by atoms with Gasteiger partial charge in [-0.05, 0) is 56.4 Å². The van der Waals surface area contributed by atoms with Crippen LogP contribution >= 0.6 is 0 Å². The molecule has 6 nitrogen and oxygen atoms in total. The lowest BCUT2D eigenvalue weighted by Crippen LogP contribution is -2.42. The smallest absolute Gasteiger partial charge is 0.352 e. The van der Waals surface area contributed by atoms with Crippen LogP contribution in [0.5, 0.6) is 0 Å². The average Bonchev–Trinajstić information content (AvgIpc) is 2.98. The molecule has 1 aromatic carbocycles. The molecular weight excluding hydrogens is 328 g/mol. The molecule has 1 saturated heterocycles. The summed E-state index contributed by atoms with van der Waals surface area (Å²) >= 11 is 0. The summed E-state index contributed by atoms with van der Waals surface area (Å²) in [6, 6.07) is 7.41. The van der Waals surface area contributed by atoms with Crippen molar-refractivity contribution in [2.24, 2.45) is 0 Å². The van der Waals surface area contributed by atoms with Crippen LogP contribution < -0.4 is 0 Å². The minimum atomic E-state index is -3.24. The summed E-state index contributed by atoms with van der Waals surface area (Å²) in [6.45, 7) is 4.48. The number of carbonyl (C=O) groups is 1. The van der Waals surface area contributed by atoms with Crippen molar-refractivity contribution in [2.75, 3.05) is 13.1 Å². The minimum absolute atomic E-state index is 0.139. The molecule has 0 aliphatic carbocycles. The summed E-state index contributed by atoms with van der Waals surface area (Å²) in [5.41, 5.74) is 2.00. The second-order valence-electron chi connectivity index (χ2n) is 6.63. The number of aromatic amines is 1. The Kier molecular flexibility index (Phi) is 4.40. The van der Waals surface area contributed by atoms with Crippen molar-refractivity contribution in [3.8, 4) is 0 Å². The van der Waals surface area contributed by atoms with E-state index in [0.717, 1.165) is 29.3 Å². The number of fused-ring (bicyclic) bond motifs is 1. The summed E-state index contributed by atoms with van der Waals surface area (Å²) in [5, 5.41) is 9.50. The van der Waals surface area contributed by atoms with Crippen LogP contribution in [0.1, 0.15) is 48.7 Å². The lowest BCUT2D eigenvalue weighted by molar-refractivity contribution is 0.0691. The van der Waals surface area contributed by atoms with Crippen LogP contribution in [-0.2, 0) is 10.0 Å². The predicted molar refractivity (Wildman–Crippen MR) is 92.9 cm³/mol. The highest BCUT2D eigenvalue weighted by Crippen LogP contribution is 2.31. The van der Waals surface area contributed by atoms with Crippen LogP contribution in [0, 0.1) is 0 Å². The van der Waals surface area contributed by atoms with E-state index in [0.29, 0.717) is 13.1 Å². The molecule has 0 spiro atoms. The van der Waals surface area contributed by atoms with Crippen molar-refractivity contribution in [3.63, 3.8) is 0 Å². The molecule has 2 N–H and O–H groups in total. The number of nitrogens with one attached hydrogen (secondary N) is 1. The first-order valence-corrected chi connectivity index (χ1v) is 9.64. The number of carboxylic acids is 1. The van der Waals surface area contributed by atoms with Crippen molar-refractivity contribution in [3.05, 3.63) is 35.5 Å². The van der Waals surface area contributed by atoms with E-state index in [1.807, 2.05) is 18.2 Å². The highest BCUT2D eigenvalue weighted by molar-refractivity contribution is 7.89. The molecule has 0 amide bonds. The van der Waals surface area contributed by atoms with Gasteiger partial charge in [0.15, 0.2) is 0 Å². The van der Waals surface area contributed by atoms with Gasteiger partial charge in [0.05, 0.1) is 5.25 Å². The Balaban J connectivity index is 1.88. The SMILES string of the molecule is CC(C)S(=O)(=O)N1CCCC(c2ccc3[nH]c(C(=O)O)cc3c2)C1. The van der Waals surface area contributed by atoms with E-state index in [2.05, 4.69) is 4.98 Å². The maximum Gasteiger partial charge on any atom is 0.352 e. The molecule has 1 aliphatic heterocycles. The van der Waals surface area contributed by atoms with Crippen molar-refractivity contribution in [2.45, 2.75) is 37.9 Å². The maximum atomic E-state index is 12.4. The summed E-state index contributed by atoms with van der Waals surface area (Å²) in [6.07, 6.45) is 1.77. The molecule has 1 aromatic heterocycles. The first-order valence-electron chi connectivity index (χ1n) is 8.14. The normalized spacial score (nSPS) is 19.9. The van der Waals surface area contributed by atoms with Gasteiger partial charge < -0.3 is 10.1 Å². The number of piperidine rings is 1. The lowest BCUT2D eigenvalue weighted by Gasteiger charge is -2.33. The third kappa shape index (κ3) is 3.06. The average molecular weight is 350 g/mol. The van der Waals surface area contributed by atoms with Crippen molar-refractivity contribution in [1.82, 2.24) is 9.29 Å². The Hall–Kier alpha value is -1.86. The Bertz CT molecular complexity index is 870. The molecule has 2 heterocycles. The first kappa shape index (κ1) is 17.0. The largest absolute Gasteiger partial charge is 0.477 e. The van der Waals surface area contributed by atoms with E-state index < -0.39 is 21.2 Å². The third-order valence-corrected chi connectivity index (χ3v) is 6.93. The standard InChI is InChI=1S/C17H22N2O4S/c1-11(2)24(22,23)19-7-3-4-13(10-19)12-5-6-15-14(8-12)9-16(18-15)17(20)21/h5-6,8-9,11,13,18H,3-4,7,10H2,1-2H3,(H,20,21). The molecule has 1 unspecified atom stereocenters. The Morgan fingerprint density at radius 1 is 1.33 bits per heavy atom. The minimum Gasteiger partial charge on any atom is -0.477 e. The van der Waals surface area contributed by atoms with Gasteiger partial charge in [0.25, 0.3) is 0 Å². The highest BCUT2D eigenvalue weighted by Gasteiger charge is 2.31. The number of aromatic nitrogens is 1. The Morgan fingerprint density at radius 3 is 2.75 bits per heavy atom. The molecule has 0 saturated carbocycles. The molecule has 0 radical (unpaired) electrons. The van der Waals surface area contributed by atoms with E-state index >= 15 is 0 Å². The molecular formula is C17H22N2O4S. The molecule has 3 rings (SSSR count). The quantitative estimate of drug-likeness (QED) is 0.887. The van der Waals surface area contributed by atoms with E-state index in [1.54, 1.807) is 24.2 Å².